The van der Waals surface area contributed by atoms with Gasteiger partial charge in [0.2, 0.25) is 0 Å². The molecule has 2 rings (SSSR count). The molecular formula is C25H31NO4. The number of benzene rings is 2. The van der Waals surface area contributed by atoms with Gasteiger partial charge in [-0.1, -0.05) is 69.7 Å². The van der Waals surface area contributed by atoms with Crippen molar-refractivity contribution in [3.8, 4) is 0 Å². The van der Waals surface area contributed by atoms with E-state index >= 15 is 0 Å². The number of nitrogens with one attached hydrogen (secondary N) is 1. The Labute approximate surface area is 178 Å². The number of carbonyl (C=O) groups is 3. The van der Waals surface area contributed by atoms with Gasteiger partial charge in [-0.25, -0.2) is 0 Å². The fraction of sp³-hybridized carbons (Fsp3) is 0.400. The standard InChI is InChI=1S/C25H31NO4/c1-5-7-19-10-12-20(13-11-19)22(27)14-15-24(29)30-16-23(28)26-25-18(4)8-6-9-21(25)17(2)3/h6,8-13,17H,5,7,14-16H2,1-4H3,(H,26,28). The fourth-order valence-corrected chi connectivity index (χ4v) is 3.24. The van der Waals surface area contributed by atoms with Crippen LogP contribution in [0.1, 0.15) is 73.0 Å². The van der Waals surface area contributed by atoms with Crippen LogP contribution in [0, 0.1) is 6.92 Å². The molecule has 0 unspecified atom stereocenters. The van der Waals surface area contributed by atoms with Gasteiger partial charge in [-0.3, -0.25) is 14.4 Å². The van der Waals surface area contributed by atoms with Crippen LogP contribution in [0.4, 0.5) is 5.69 Å². The highest BCUT2D eigenvalue weighted by atomic mass is 16.5. The molecule has 0 heterocycles. The SMILES string of the molecule is CCCc1ccc(C(=O)CCC(=O)OCC(=O)Nc2c(C)cccc2C(C)C)cc1. The monoisotopic (exact) mass is 409 g/mol. The van der Waals surface area contributed by atoms with E-state index in [2.05, 4.69) is 26.1 Å². The maximum Gasteiger partial charge on any atom is 0.306 e. The average Bonchev–Trinajstić information content (AvgIpc) is 2.72. The van der Waals surface area contributed by atoms with Gasteiger partial charge in [0.05, 0.1) is 6.42 Å². The van der Waals surface area contributed by atoms with E-state index in [9.17, 15) is 14.4 Å². The highest BCUT2D eigenvalue weighted by Gasteiger charge is 2.15. The molecule has 0 saturated carbocycles. The molecule has 2 aromatic carbocycles. The molecule has 5 heteroatoms. The average molecular weight is 410 g/mol. The molecule has 1 N–H and O–H groups in total. The van der Waals surface area contributed by atoms with Crippen LogP contribution in [0.15, 0.2) is 42.5 Å². The Morgan fingerprint density at radius 2 is 1.70 bits per heavy atom. The summed E-state index contributed by atoms with van der Waals surface area (Å²) in [4.78, 5) is 36.4. The van der Waals surface area contributed by atoms with Gasteiger partial charge in [-0.15, -0.1) is 0 Å². The van der Waals surface area contributed by atoms with Gasteiger partial charge in [-0.05, 0) is 36.0 Å². The topological polar surface area (TPSA) is 72.5 Å². The fourth-order valence-electron chi connectivity index (χ4n) is 3.24. The lowest BCUT2D eigenvalue weighted by Crippen LogP contribution is -2.22. The van der Waals surface area contributed by atoms with Crippen LogP contribution in [-0.2, 0) is 20.7 Å². The zero-order valence-electron chi connectivity index (χ0n) is 18.3. The van der Waals surface area contributed by atoms with E-state index in [0.717, 1.165) is 29.7 Å². The van der Waals surface area contributed by atoms with E-state index in [-0.39, 0.29) is 31.1 Å². The number of hydrogen-bond donors (Lipinski definition) is 1. The van der Waals surface area contributed by atoms with Crippen LogP contribution < -0.4 is 5.32 Å². The second-order valence-electron chi connectivity index (χ2n) is 7.77. The minimum absolute atomic E-state index is 0.0512. The summed E-state index contributed by atoms with van der Waals surface area (Å²) in [6.07, 6.45) is 2.03. The Bertz CT molecular complexity index is 885. The minimum Gasteiger partial charge on any atom is -0.456 e. The highest BCUT2D eigenvalue weighted by Crippen LogP contribution is 2.27. The van der Waals surface area contributed by atoms with Gasteiger partial charge in [-0.2, -0.15) is 0 Å². The Morgan fingerprint density at radius 3 is 2.33 bits per heavy atom. The first-order valence-corrected chi connectivity index (χ1v) is 10.5. The van der Waals surface area contributed by atoms with Crippen LogP contribution >= 0.6 is 0 Å². The normalized spacial score (nSPS) is 10.7. The molecule has 0 aliphatic rings. The molecule has 0 atom stereocenters. The summed E-state index contributed by atoms with van der Waals surface area (Å²) in [7, 11) is 0. The smallest absolute Gasteiger partial charge is 0.306 e. The van der Waals surface area contributed by atoms with Crippen molar-refractivity contribution in [3.05, 3.63) is 64.7 Å². The van der Waals surface area contributed by atoms with Crippen molar-refractivity contribution in [2.75, 3.05) is 11.9 Å². The number of ether oxygens (including phenoxy) is 1. The van der Waals surface area contributed by atoms with Crippen molar-refractivity contribution in [2.24, 2.45) is 0 Å². The van der Waals surface area contributed by atoms with Crippen molar-refractivity contribution < 1.29 is 19.1 Å². The summed E-state index contributed by atoms with van der Waals surface area (Å²) in [5, 5.41) is 2.84. The molecular weight excluding hydrogens is 378 g/mol. The van der Waals surface area contributed by atoms with E-state index < -0.39 is 11.9 Å². The first kappa shape index (κ1) is 23.3. The van der Waals surface area contributed by atoms with Gasteiger partial charge < -0.3 is 10.1 Å². The van der Waals surface area contributed by atoms with E-state index in [4.69, 9.17) is 4.74 Å². The van der Waals surface area contributed by atoms with Crippen LogP contribution in [-0.4, -0.2) is 24.3 Å². The van der Waals surface area contributed by atoms with Crippen molar-refractivity contribution in [3.63, 3.8) is 0 Å². The van der Waals surface area contributed by atoms with Crippen LogP contribution in [0.25, 0.3) is 0 Å². The van der Waals surface area contributed by atoms with Gasteiger partial charge in [0.15, 0.2) is 12.4 Å². The van der Waals surface area contributed by atoms with Gasteiger partial charge in [0, 0.05) is 17.7 Å². The molecule has 0 aromatic heterocycles. The van der Waals surface area contributed by atoms with Crippen LogP contribution in [0.2, 0.25) is 0 Å². The predicted octanol–water partition coefficient (Wildman–Crippen LogP) is 5.22. The van der Waals surface area contributed by atoms with E-state index in [1.54, 1.807) is 12.1 Å². The van der Waals surface area contributed by atoms with Crippen molar-refractivity contribution >= 4 is 23.3 Å². The number of hydrogen-bond acceptors (Lipinski definition) is 4. The van der Waals surface area contributed by atoms with Gasteiger partial charge >= 0.3 is 5.97 Å². The molecule has 0 fully saturated rings. The summed E-state index contributed by atoms with van der Waals surface area (Å²) < 4.78 is 5.05. The van der Waals surface area contributed by atoms with Gasteiger partial charge in [0.1, 0.15) is 0 Å². The third-order valence-electron chi connectivity index (χ3n) is 4.93. The number of aryl methyl sites for hydroxylation is 2. The molecule has 0 spiro atoms. The lowest BCUT2D eigenvalue weighted by Gasteiger charge is -2.16. The Balaban J connectivity index is 1.80. The Hall–Kier alpha value is -2.95. The van der Waals surface area contributed by atoms with E-state index in [0.29, 0.717) is 5.56 Å². The molecule has 5 nitrogen and oxygen atoms in total. The minimum atomic E-state index is -0.560. The summed E-state index contributed by atoms with van der Waals surface area (Å²) in [6, 6.07) is 13.3. The van der Waals surface area contributed by atoms with Crippen LogP contribution in [0.3, 0.4) is 0 Å². The zero-order valence-corrected chi connectivity index (χ0v) is 18.3. The lowest BCUT2D eigenvalue weighted by atomic mass is 9.98. The molecule has 0 saturated heterocycles. The quantitative estimate of drug-likeness (QED) is 0.431. The largest absolute Gasteiger partial charge is 0.456 e. The molecule has 1 amide bonds. The summed E-state index contributed by atoms with van der Waals surface area (Å²) >= 11 is 0. The molecule has 0 aliphatic carbocycles. The number of ketones is 1. The van der Waals surface area contributed by atoms with Crippen LogP contribution in [0.5, 0.6) is 0 Å². The summed E-state index contributed by atoms with van der Waals surface area (Å²) in [5.74, 6) is -0.807. The highest BCUT2D eigenvalue weighted by molar-refractivity contribution is 5.98. The van der Waals surface area contributed by atoms with E-state index in [1.807, 2.05) is 37.3 Å². The number of carbonyl (C=O) groups excluding carboxylic acids is 3. The maximum absolute atomic E-state index is 12.2. The molecule has 0 bridgehead atoms. The Morgan fingerprint density at radius 1 is 1.00 bits per heavy atom. The summed E-state index contributed by atoms with van der Waals surface area (Å²) in [5.41, 5.74) is 4.52. The third-order valence-corrected chi connectivity index (χ3v) is 4.93. The Kier molecular flexibility index (Phi) is 8.78. The third kappa shape index (κ3) is 6.83. The van der Waals surface area contributed by atoms with Crippen molar-refractivity contribution in [2.45, 2.75) is 59.3 Å². The number of Topliss-reactive ketones (excluding diaryl/α,β-unsaturated/α-hetero) is 1. The van der Waals surface area contributed by atoms with Crippen molar-refractivity contribution in [1.82, 2.24) is 0 Å². The summed E-state index contributed by atoms with van der Waals surface area (Å²) in [6.45, 7) is 7.77. The second kappa shape index (κ2) is 11.3. The zero-order chi connectivity index (χ0) is 22.1. The number of esters is 1. The number of amides is 1. The molecule has 0 radical (unpaired) electrons. The maximum atomic E-state index is 12.2. The van der Waals surface area contributed by atoms with E-state index in [1.165, 1.54) is 5.56 Å². The van der Waals surface area contributed by atoms with Gasteiger partial charge in [0.25, 0.3) is 5.91 Å². The second-order valence-corrected chi connectivity index (χ2v) is 7.77. The number of anilines is 1. The molecule has 160 valence electrons. The molecule has 0 aliphatic heterocycles. The first-order valence-electron chi connectivity index (χ1n) is 10.5. The van der Waals surface area contributed by atoms with Crippen molar-refractivity contribution in [1.29, 1.82) is 0 Å². The molecule has 30 heavy (non-hydrogen) atoms. The molecule has 2 aromatic rings. The predicted molar refractivity (Wildman–Crippen MR) is 119 cm³/mol. The number of rotatable bonds is 10. The number of para-hydroxylation sites is 1. The first-order chi connectivity index (χ1) is 14.3. The lowest BCUT2D eigenvalue weighted by molar-refractivity contribution is -0.147.